The van der Waals surface area contributed by atoms with Crippen LogP contribution in [0.3, 0.4) is 0 Å². The first-order valence-electron chi connectivity index (χ1n) is 4.44. The van der Waals surface area contributed by atoms with Gasteiger partial charge in [0, 0.05) is 0 Å². The normalized spacial score (nSPS) is 11.8. The Balaban J connectivity index is 2.80. The second kappa shape index (κ2) is 5.25. The molecule has 0 aliphatic rings. The zero-order chi connectivity index (χ0) is 10.4. The van der Waals surface area contributed by atoms with Gasteiger partial charge in [0.1, 0.15) is 5.75 Å². The van der Waals surface area contributed by atoms with Crippen LogP contribution in [0, 0.1) is 17.2 Å². The predicted molar refractivity (Wildman–Crippen MR) is 52.9 cm³/mol. The molecule has 0 heterocycles. The number of aliphatic hydroxyl groups is 1. The van der Waals surface area contributed by atoms with Crippen LogP contribution in [0.4, 0.5) is 0 Å². The van der Waals surface area contributed by atoms with Gasteiger partial charge in [0.25, 0.3) is 0 Å². The Kier molecular flexibility index (Phi) is 3.96. The van der Waals surface area contributed by atoms with Crippen molar-refractivity contribution in [1.82, 2.24) is 0 Å². The summed E-state index contributed by atoms with van der Waals surface area (Å²) in [6.07, 6.45) is 0.525. The molecule has 1 aromatic rings. The zero-order valence-electron chi connectivity index (χ0n) is 8.10. The standard InChI is InChI=1S/C11H13NO2/c1-14-11-5-3-2-4-10(11)6-9(7-12)8-13/h2-5,9,13H,6,8H2,1H3/t9-/m1/s1. The van der Waals surface area contributed by atoms with Gasteiger partial charge >= 0.3 is 0 Å². The molecule has 14 heavy (non-hydrogen) atoms. The molecule has 74 valence electrons. The van der Waals surface area contributed by atoms with Crippen LogP contribution in [0.2, 0.25) is 0 Å². The van der Waals surface area contributed by atoms with E-state index < -0.39 is 0 Å². The molecular formula is C11H13NO2. The lowest BCUT2D eigenvalue weighted by Gasteiger charge is -2.09. The number of ether oxygens (including phenoxy) is 1. The first-order chi connectivity index (χ1) is 6.81. The summed E-state index contributed by atoms with van der Waals surface area (Å²) >= 11 is 0. The van der Waals surface area contributed by atoms with Gasteiger partial charge in [-0.15, -0.1) is 0 Å². The molecule has 1 atom stereocenters. The van der Waals surface area contributed by atoms with E-state index in [1.54, 1.807) is 7.11 Å². The van der Waals surface area contributed by atoms with Crippen molar-refractivity contribution < 1.29 is 9.84 Å². The lowest BCUT2D eigenvalue weighted by atomic mass is 10.0. The summed E-state index contributed by atoms with van der Waals surface area (Å²) in [6.45, 7) is -0.117. The third-order valence-electron chi connectivity index (χ3n) is 2.06. The summed E-state index contributed by atoms with van der Waals surface area (Å²) in [5, 5.41) is 17.6. The smallest absolute Gasteiger partial charge is 0.122 e. The molecule has 3 heteroatoms. The summed E-state index contributed by atoms with van der Waals surface area (Å²) in [6, 6.07) is 9.57. The molecule has 0 aromatic heterocycles. The minimum Gasteiger partial charge on any atom is -0.496 e. The molecule has 0 bridgehead atoms. The third kappa shape index (κ3) is 2.48. The van der Waals surface area contributed by atoms with Crippen LogP contribution in [0.5, 0.6) is 5.75 Å². The van der Waals surface area contributed by atoms with Gasteiger partial charge in [0.05, 0.1) is 25.7 Å². The molecule has 0 unspecified atom stereocenters. The summed E-state index contributed by atoms with van der Waals surface area (Å²) in [5.74, 6) is 0.410. The quantitative estimate of drug-likeness (QED) is 0.782. The van der Waals surface area contributed by atoms with Crippen LogP contribution in [0.15, 0.2) is 24.3 Å². The average molecular weight is 191 g/mol. The topological polar surface area (TPSA) is 53.2 Å². The lowest BCUT2D eigenvalue weighted by Crippen LogP contribution is -2.07. The predicted octanol–water partition coefficient (Wildman–Crippen LogP) is 1.37. The fourth-order valence-corrected chi connectivity index (χ4v) is 1.29. The van der Waals surface area contributed by atoms with E-state index in [9.17, 15) is 0 Å². The van der Waals surface area contributed by atoms with E-state index in [0.717, 1.165) is 11.3 Å². The van der Waals surface area contributed by atoms with Crippen LogP contribution in [0.1, 0.15) is 5.56 Å². The maximum Gasteiger partial charge on any atom is 0.122 e. The molecule has 0 amide bonds. The first kappa shape index (κ1) is 10.6. The van der Waals surface area contributed by atoms with E-state index in [1.165, 1.54) is 0 Å². The van der Waals surface area contributed by atoms with Crippen LogP contribution in [-0.2, 0) is 6.42 Å². The fraction of sp³-hybridized carbons (Fsp3) is 0.364. The van der Waals surface area contributed by atoms with Crippen molar-refractivity contribution in [2.24, 2.45) is 5.92 Å². The van der Waals surface area contributed by atoms with Gasteiger partial charge in [0.2, 0.25) is 0 Å². The van der Waals surface area contributed by atoms with Crippen molar-refractivity contribution >= 4 is 0 Å². The Morgan fingerprint density at radius 2 is 2.21 bits per heavy atom. The van der Waals surface area contributed by atoms with Crippen molar-refractivity contribution in [3.63, 3.8) is 0 Å². The van der Waals surface area contributed by atoms with Gasteiger partial charge in [-0.25, -0.2) is 0 Å². The third-order valence-corrected chi connectivity index (χ3v) is 2.06. The Morgan fingerprint density at radius 3 is 2.79 bits per heavy atom. The number of hydrogen-bond donors (Lipinski definition) is 1. The monoisotopic (exact) mass is 191 g/mol. The molecule has 0 saturated carbocycles. The highest BCUT2D eigenvalue weighted by atomic mass is 16.5. The largest absolute Gasteiger partial charge is 0.496 e. The van der Waals surface area contributed by atoms with E-state index in [-0.39, 0.29) is 12.5 Å². The van der Waals surface area contributed by atoms with Crippen LogP contribution in [0.25, 0.3) is 0 Å². The average Bonchev–Trinajstić information content (AvgIpc) is 2.26. The van der Waals surface area contributed by atoms with Gasteiger partial charge in [-0.3, -0.25) is 0 Å². The van der Waals surface area contributed by atoms with Crippen molar-refractivity contribution in [3.05, 3.63) is 29.8 Å². The number of rotatable bonds is 4. The second-order valence-electron chi connectivity index (χ2n) is 3.02. The van der Waals surface area contributed by atoms with Gasteiger partial charge < -0.3 is 9.84 Å². The summed E-state index contributed by atoms with van der Waals surface area (Å²) < 4.78 is 5.14. The molecule has 0 spiro atoms. The molecular weight excluding hydrogens is 178 g/mol. The lowest BCUT2D eigenvalue weighted by molar-refractivity contribution is 0.254. The highest BCUT2D eigenvalue weighted by molar-refractivity contribution is 5.33. The number of methoxy groups -OCH3 is 1. The number of hydrogen-bond acceptors (Lipinski definition) is 3. The summed E-state index contributed by atoms with van der Waals surface area (Å²) in [7, 11) is 1.60. The minimum absolute atomic E-state index is 0.117. The van der Waals surface area contributed by atoms with Gasteiger partial charge in [-0.2, -0.15) is 5.26 Å². The SMILES string of the molecule is COc1ccccc1C[C@H](C#N)CO. The molecule has 1 N–H and O–H groups in total. The molecule has 0 radical (unpaired) electrons. The van der Waals surface area contributed by atoms with Crippen molar-refractivity contribution in [3.8, 4) is 11.8 Å². The Labute approximate surface area is 83.6 Å². The van der Waals surface area contributed by atoms with E-state index >= 15 is 0 Å². The molecule has 0 aliphatic carbocycles. The van der Waals surface area contributed by atoms with Gasteiger partial charge in [0.15, 0.2) is 0 Å². The number of aliphatic hydroxyl groups excluding tert-OH is 1. The van der Waals surface area contributed by atoms with Gasteiger partial charge in [-0.1, -0.05) is 18.2 Å². The van der Waals surface area contributed by atoms with Crippen LogP contribution in [-0.4, -0.2) is 18.8 Å². The first-order valence-corrected chi connectivity index (χ1v) is 4.44. The van der Waals surface area contributed by atoms with Crippen molar-refractivity contribution in [2.45, 2.75) is 6.42 Å². The number of para-hydroxylation sites is 1. The molecule has 3 nitrogen and oxygen atoms in total. The molecule has 0 saturated heterocycles. The summed E-state index contributed by atoms with van der Waals surface area (Å²) in [4.78, 5) is 0. The van der Waals surface area contributed by atoms with Crippen LogP contribution < -0.4 is 4.74 Å². The zero-order valence-corrected chi connectivity index (χ0v) is 8.10. The fourth-order valence-electron chi connectivity index (χ4n) is 1.29. The molecule has 1 rings (SSSR count). The Hall–Kier alpha value is -1.53. The second-order valence-corrected chi connectivity index (χ2v) is 3.02. The molecule has 1 aromatic carbocycles. The van der Waals surface area contributed by atoms with Gasteiger partial charge in [-0.05, 0) is 18.1 Å². The van der Waals surface area contributed by atoms with E-state index in [0.29, 0.717) is 6.42 Å². The van der Waals surface area contributed by atoms with Crippen molar-refractivity contribution in [1.29, 1.82) is 5.26 Å². The highest BCUT2D eigenvalue weighted by Crippen LogP contribution is 2.20. The maximum atomic E-state index is 8.89. The van der Waals surface area contributed by atoms with Crippen molar-refractivity contribution in [2.75, 3.05) is 13.7 Å². The highest BCUT2D eigenvalue weighted by Gasteiger charge is 2.09. The number of nitrogens with zero attached hydrogens (tertiary/aromatic N) is 1. The summed E-state index contributed by atoms with van der Waals surface area (Å²) in [5.41, 5.74) is 0.954. The molecule has 0 aliphatic heterocycles. The van der Waals surface area contributed by atoms with E-state index in [2.05, 4.69) is 0 Å². The molecule has 0 fully saturated rings. The number of nitriles is 1. The van der Waals surface area contributed by atoms with E-state index in [4.69, 9.17) is 15.1 Å². The minimum atomic E-state index is -0.355. The number of benzene rings is 1. The van der Waals surface area contributed by atoms with Crippen LogP contribution >= 0.6 is 0 Å². The Bertz CT molecular complexity index is 330. The van der Waals surface area contributed by atoms with E-state index in [1.807, 2.05) is 30.3 Å². The maximum absolute atomic E-state index is 8.89. The Morgan fingerprint density at radius 1 is 1.50 bits per heavy atom.